The van der Waals surface area contributed by atoms with E-state index in [1.807, 2.05) is 12.1 Å². The summed E-state index contributed by atoms with van der Waals surface area (Å²) in [6.45, 7) is 6.97. The number of nitrogens with two attached hydrogens (primary N) is 2. The van der Waals surface area contributed by atoms with Gasteiger partial charge in [-0.25, -0.2) is 0 Å². The van der Waals surface area contributed by atoms with Gasteiger partial charge in [-0.15, -0.1) is 0 Å². The summed E-state index contributed by atoms with van der Waals surface area (Å²) in [5.74, 6) is 0.224. The van der Waals surface area contributed by atoms with Crippen LogP contribution < -0.4 is 11.5 Å². The second kappa shape index (κ2) is 6.00. The number of rotatable bonds is 5. The summed E-state index contributed by atoms with van der Waals surface area (Å²) in [4.78, 5) is 0. The van der Waals surface area contributed by atoms with Gasteiger partial charge in [-0.05, 0) is 37.4 Å². The van der Waals surface area contributed by atoms with E-state index in [4.69, 9.17) is 11.5 Å². The maximum absolute atomic E-state index is 6.70. The molecule has 0 aliphatic rings. The van der Waals surface area contributed by atoms with Gasteiger partial charge in [-0.3, -0.25) is 0 Å². The molecule has 2 aromatic rings. The van der Waals surface area contributed by atoms with Crippen LogP contribution in [0.15, 0.2) is 60.7 Å². The van der Waals surface area contributed by atoms with E-state index in [9.17, 15) is 0 Å². The summed E-state index contributed by atoms with van der Waals surface area (Å²) in [7, 11) is 0. The minimum atomic E-state index is -0.436. The van der Waals surface area contributed by atoms with Gasteiger partial charge < -0.3 is 11.5 Å². The second-order valence-electron chi connectivity index (χ2n) is 6.40. The lowest BCUT2D eigenvalue weighted by molar-refractivity contribution is 0.221. The van der Waals surface area contributed by atoms with Crippen LogP contribution in [0.4, 0.5) is 0 Å². The third-order valence-corrected chi connectivity index (χ3v) is 4.57. The Balaban J connectivity index is 2.79. The Morgan fingerprint density at radius 1 is 0.857 bits per heavy atom. The lowest BCUT2D eigenvalue weighted by atomic mass is 9.57. The lowest BCUT2D eigenvalue weighted by Gasteiger charge is -2.49. The maximum atomic E-state index is 6.70. The average molecular weight is 282 g/mol. The van der Waals surface area contributed by atoms with E-state index < -0.39 is 5.54 Å². The van der Waals surface area contributed by atoms with Gasteiger partial charge in [0.25, 0.3) is 0 Å². The smallest absolute Gasteiger partial charge is 0.0414 e. The van der Waals surface area contributed by atoms with Crippen molar-refractivity contribution in [2.24, 2.45) is 17.4 Å². The normalized spacial score (nSPS) is 14.0. The van der Waals surface area contributed by atoms with Gasteiger partial charge in [-0.1, -0.05) is 67.6 Å². The van der Waals surface area contributed by atoms with Crippen LogP contribution >= 0.6 is 0 Å². The predicted octanol–water partition coefficient (Wildman–Crippen LogP) is 3.30. The van der Waals surface area contributed by atoms with Crippen molar-refractivity contribution in [1.82, 2.24) is 0 Å². The molecule has 0 aromatic heterocycles. The summed E-state index contributed by atoms with van der Waals surface area (Å²) in [6, 6.07) is 21.0. The van der Waals surface area contributed by atoms with E-state index in [1.165, 1.54) is 11.1 Å². The molecular formula is C19H26N2. The van der Waals surface area contributed by atoms with Crippen LogP contribution in [0.25, 0.3) is 0 Å². The summed E-state index contributed by atoms with van der Waals surface area (Å²) in [5.41, 5.74) is 14.5. The molecule has 0 amide bonds. The monoisotopic (exact) mass is 282 g/mol. The third-order valence-electron chi connectivity index (χ3n) is 4.57. The molecule has 21 heavy (non-hydrogen) atoms. The Hall–Kier alpha value is -1.64. The first-order valence-electron chi connectivity index (χ1n) is 7.54. The highest BCUT2D eigenvalue weighted by Gasteiger charge is 2.48. The van der Waals surface area contributed by atoms with E-state index in [0.717, 1.165) is 0 Å². The zero-order valence-electron chi connectivity index (χ0n) is 13.2. The summed E-state index contributed by atoms with van der Waals surface area (Å²) in [6.07, 6.45) is 0. The van der Waals surface area contributed by atoms with Crippen LogP contribution in [0, 0.1) is 5.92 Å². The fraction of sp³-hybridized carbons (Fsp3) is 0.368. The van der Waals surface area contributed by atoms with Gasteiger partial charge in [0.1, 0.15) is 0 Å². The molecule has 2 heteroatoms. The van der Waals surface area contributed by atoms with Gasteiger partial charge in [0.15, 0.2) is 0 Å². The van der Waals surface area contributed by atoms with Crippen LogP contribution in [0.2, 0.25) is 0 Å². The lowest BCUT2D eigenvalue weighted by Crippen LogP contribution is -2.59. The van der Waals surface area contributed by atoms with Gasteiger partial charge in [0, 0.05) is 11.0 Å². The second-order valence-corrected chi connectivity index (χ2v) is 6.40. The minimum Gasteiger partial charge on any atom is -0.330 e. The van der Waals surface area contributed by atoms with Crippen LogP contribution in [0.3, 0.4) is 0 Å². The van der Waals surface area contributed by atoms with Crippen LogP contribution in [0.5, 0.6) is 0 Å². The molecule has 0 fully saturated rings. The van der Waals surface area contributed by atoms with E-state index in [1.54, 1.807) is 0 Å². The number of benzene rings is 2. The van der Waals surface area contributed by atoms with E-state index in [0.29, 0.717) is 6.54 Å². The molecule has 4 N–H and O–H groups in total. The highest BCUT2D eigenvalue weighted by Crippen LogP contribution is 2.46. The molecule has 0 heterocycles. The van der Waals surface area contributed by atoms with Gasteiger partial charge in [0.05, 0.1) is 0 Å². The van der Waals surface area contributed by atoms with Crippen molar-refractivity contribution in [1.29, 1.82) is 0 Å². The first kappa shape index (κ1) is 15.7. The number of hydrogen-bond acceptors (Lipinski definition) is 2. The fourth-order valence-electron chi connectivity index (χ4n) is 3.69. The zero-order valence-corrected chi connectivity index (χ0v) is 13.2. The van der Waals surface area contributed by atoms with Crippen LogP contribution in [-0.2, 0) is 5.41 Å². The average Bonchev–Trinajstić information content (AvgIpc) is 2.48. The first-order valence-corrected chi connectivity index (χ1v) is 7.54. The summed E-state index contributed by atoms with van der Waals surface area (Å²) in [5, 5.41) is 0. The largest absolute Gasteiger partial charge is 0.330 e. The minimum absolute atomic E-state index is 0.224. The molecule has 0 saturated carbocycles. The molecule has 0 spiro atoms. The molecule has 0 bridgehead atoms. The molecule has 2 nitrogen and oxygen atoms in total. The highest BCUT2D eigenvalue weighted by molar-refractivity contribution is 5.44. The Labute approximate surface area is 128 Å². The topological polar surface area (TPSA) is 52.0 Å². The van der Waals surface area contributed by atoms with Crippen molar-refractivity contribution < 1.29 is 0 Å². The van der Waals surface area contributed by atoms with Crippen molar-refractivity contribution >= 4 is 0 Å². The molecule has 0 saturated heterocycles. The Morgan fingerprint density at radius 2 is 1.24 bits per heavy atom. The van der Waals surface area contributed by atoms with Crippen molar-refractivity contribution in [3.8, 4) is 0 Å². The van der Waals surface area contributed by atoms with Gasteiger partial charge in [-0.2, -0.15) is 0 Å². The molecule has 0 aliphatic carbocycles. The fourth-order valence-corrected chi connectivity index (χ4v) is 3.69. The Bertz CT molecular complexity index is 516. The quantitative estimate of drug-likeness (QED) is 0.884. The molecule has 2 aromatic carbocycles. The molecular weight excluding hydrogens is 256 g/mol. The predicted molar refractivity (Wildman–Crippen MR) is 90.1 cm³/mol. The highest BCUT2D eigenvalue weighted by atomic mass is 14.8. The van der Waals surface area contributed by atoms with Crippen molar-refractivity contribution in [2.75, 3.05) is 6.54 Å². The van der Waals surface area contributed by atoms with E-state index >= 15 is 0 Å². The van der Waals surface area contributed by atoms with Crippen molar-refractivity contribution in [2.45, 2.75) is 31.7 Å². The van der Waals surface area contributed by atoms with E-state index in [-0.39, 0.29) is 11.3 Å². The third kappa shape index (κ3) is 2.61. The standard InChI is InChI=1S/C19H26N2/c1-15(14-20)19(18(2,3)21,16-10-6-4-7-11-16)17-12-8-5-9-13-17/h4-13,15H,14,20-21H2,1-3H3. The molecule has 1 atom stereocenters. The maximum Gasteiger partial charge on any atom is 0.0414 e. The molecule has 0 aliphatic heterocycles. The molecule has 2 rings (SSSR count). The Morgan fingerprint density at radius 3 is 1.52 bits per heavy atom. The molecule has 1 unspecified atom stereocenters. The number of hydrogen-bond donors (Lipinski definition) is 2. The molecule has 0 radical (unpaired) electrons. The van der Waals surface area contributed by atoms with Crippen molar-refractivity contribution in [3.63, 3.8) is 0 Å². The molecule has 112 valence electrons. The van der Waals surface area contributed by atoms with Gasteiger partial charge >= 0.3 is 0 Å². The first-order chi connectivity index (χ1) is 9.94. The van der Waals surface area contributed by atoms with Crippen LogP contribution in [0.1, 0.15) is 31.9 Å². The van der Waals surface area contributed by atoms with Gasteiger partial charge in [0.2, 0.25) is 0 Å². The Kier molecular flexibility index (Phi) is 4.50. The SMILES string of the molecule is CC(CN)C(c1ccccc1)(c1ccccc1)C(C)(C)N. The van der Waals surface area contributed by atoms with Crippen LogP contribution in [-0.4, -0.2) is 12.1 Å². The summed E-state index contributed by atoms with van der Waals surface area (Å²) >= 11 is 0. The zero-order chi connectivity index (χ0) is 15.5. The summed E-state index contributed by atoms with van der Waals surface area (Å²) < 4.78 is 0. The van der Waals surface area contributed by atoms with Crippen molar-refractivity contribution in [3.05, 3.63) is 71.8 Å². The van der Waals surface area contributed by atoms with E-state index in [2.05, 4.69) is 69.3 Å².